The van der Waals surface area contributed by atoms with Gasteiger partial charge in [-0.15, -0.1) is 12.6 Å². The van der Waals surface area contributed by atoms with Crippen molar-refractivity contribution in [2.24, 2.45) is 5.11 Å². The summed E-state index contributed by atoms with van der Waals surface area (Å²) < 4.78 is 5.72. The van der Waals surface area contributed by atoms with Crippen molar-refractivity contribution in [3.63, 3.8) is 0 Å². The van der Waals surface area contributed by atoms with Gasteiger partial charge in [-0.25, -0.2) is 19.6 Å². The van der Waals surface area contributed by atoms with Crippen LogP contribution in [-0.2, 0) is 37.5 Å². The van der Waals surface area contributed by atoms with Crippen LogP contribution in [0.15, 0.2) is 65.8 Å². The van der Waals surface area contributed by atoms with E-state index in [1.54, 1.807) is 6.92 Å². The molecule has 0 bridgehead atoms. The number of hydrogen-bond acceptors (Lipinski definition) is 7. The summed E-state index contributed by atoms with van der Waals surface area (Å²) in [7, 11) is 0. The largest absolute Gasteiger partial charge is 0.361 e. The van der Waals surface area contributed by atoms with Crippen molar-refractivity contribution in [2.45, 2.75) is 49.9 Å². The highest BCUT2D eigenvalue weighted by molar-refractivity contribution is 7.80. The molecule has 1 aliphatic rings. The molecule has 2 aromatic rings. The SMILES string of the molecule is CC1O[C@@H](S)C(N=[N+]=[N-])C(OOCc2ccccc2)[C@@H]1OOCc1ccccc1. The van der Waals surface area contributed by atoms with Gasteiger partial charge in [0.15, 0.2) is 0 Å². The van der Waals surface area contributed by atoms with E-state index in [9.17, 15) is 0 Å². The summed E-state index contributed by atoms with van der Waals surface area (Å²) in [6.45, 7) is 2.28. The first-order chi connectivity index (χ1) is 14.2. The van der Waals surface area contributed by atoms with Crippen LogP contribution < -0.4 is 0 Å². The minimum atomic E-state index is -0.767. The van der Waals surface area contributed by atoms with Crippen molar-refractivity contribution in [3.05, 3.63) is 82.2 Å². The lowest BCUT2D eigenvalue weighted by Gasteiger charge is -2.40. The Balaban J connectivity index is 1.64. The lowest BCUT2D eigenvalue weighted by atomic mass is 9.99. The molecule has 1 fully saturated rings. The number of thiol groups is 1. The van der Waals surface area contributed by atoms with Gasteiger partial charge in [0.1, 0.15) is 36.9 Å². The van der Waals surface area contributed by atoms with Crippen molar-refractivity contribution in [1.29, 1.82) is 0 Å². The summed E-state index contributed by atoms with van der Waals surface area (Å²) in [6, 6.07) is 18.4. The third-order valence-corrected chi connectivity index (χ3v) is 4.88. The third-order valence-electron chi connectivity index (χ3n) is 4.45. The first-order valence-electron chi connectivity index (χ1n) is 9.21. The molecule has 154 valence electrons. The van der Waals surface area contributed by atoms with E-state index in [0.717, 1.165) is 11.1 Å². The van der Waals surface area contributed by atoms with Crippen LogP contribution in [0.1, 0.15) is 18.1 Å². The molecule has 1 aliphatic heterocycles. The molecule has 2 aromatic carbocycles. The predicted molar refractivity (Wildman–Crippen MR) is 108 cm³/mol. The molecule has 8 nitrogen and oxygen atoms in total. The maximum Gasteiger partial charge on any atom is 0.148 e. The van der Waals surface area contributed by atoms with E-state index >= 15 is 0 Å². The van der Waals surface area contributed by atoms with Crippen LogP contribution in [0.5, 0.6) is 0 Å². The molecule has 0 aromatic heterocycles. The van der Waals surface area contributed by atoms with Crippen LogP contribution in [0, 0.1) is 0 Å². The molecule has 1 heterocycles. The maximum absolute atomic E-state index is 8.93. The molecular weight excluding hydrogens is 394 g/mol. The lowest BCUT2D eigenvalue weighted by Crippen LogP contribution is -2.56. The Bertz CT molecular complexity index is 791. The zero-order valence-electron chi connectivity index (χ0n) is 15.9. The number of nitrogens with zero attached hydrogens (tertiary/aromatic N) is 3. The van der Waals surface area contributed by atoms with Gasteiger partial charge in [0.2, 0.25) is 0 Å². The van der Waals surface area contributed by atoms with Gasteiger partial charge < -0.3 is 4.74 Å². The average molecular weight is 417 g/mol. The molecule has 9 heteroatoms. The van der Waals surface area contributed by atoms with Gasteiger partial charge in [-0.3, -0.25) is 0 Å². The van der Waals surface area contributed by atoms with Crippen molar-refractivity contribution < 1.29 is 24.3 Å². The molecule has 0 aliphatic carbocycles. The van der Waals surface area contributed by atoms with Crippen molar-refractivity contribution in [3.8, 4) is 0 Å². The van der Waals surface area contributed by atoms with Crippen LogP contribution >= 0.6 is 12.6 Å². The Hall–Kier alpha value is -2.10. The fourth-order valence-electron chi connectivity index (χ4n) is 2.94. The van der Waals surface area contributed by atoms with Crippen LogP contribution in [-0.4, -0.2) is 29.8 Å². The second kappa shape index (κ2) is 11.2. The topological polar surface area (TPSA) is 94.9 Å². The normalized spacial score (nSPS) is 26.6. The molecule has 0 amide bonds. The summed E-state index contributed by atoms with van der Waals surface area (Å²) in [6.07, 6.45) is -1.88. The van der Waals surface area contributed by atoms with E-state index < -0.39 is 29.8 Å². The van der Waals surface area contributed by atoms with E-state index in [1.807, 2.05) is 60.7 Å². The van der Waals surface area contributed by atoms with E-state index in [1.165, 1.54) is 0 Å². The minimum absolute atomic E-state index is 0.227. The van der Waals surface area contributed by atoms with Gasteiger partial charge in [-0.05, 0) is 23.6 Å². The second-order valence-corrected chi connectivity index (χ2v) is 7.05. The van der Waals surface area contributed by atoms with Gasteiger partial charge >= 0.3 is 0 Å². The average Bonchev–Trinajstić information content (AvgIpc) is 2.74. The van der Waals surface area contributed by atoms with Crippen LogP contribution in [0.25, 0.3) is 10.4 Å². The quantitative estimate of drug-likeness (QED) is 0.163. The van der Waals surface area contributed by atoms with Crippen LogP contribution in [0.3, 0.4) is 0 Å². The Morgan fingerprint density at radius 1 is 0.931 bits per heavy atom. The van der Waals surface area contributed by atoms with Gasteiger partial charge in [0.05, 0.1) is 6.10 Å². The molecule has 3 unspecified atom stereocenters. The van der Waals surface area contributed by atoms with E-state index in [4.69, 9.17) is 29.8 Å². The van der Waals surface area contributed by atoms with Crippen LogP contribution in [0.2, 0.25) is 0 Å². The fourth-order valence-corrected chi connectivity index (χ4v) is 3.36. The number of ether oxygens (including phenoxy) is 1. The maximum atomic E-state index is 8.93. The Morgan fingerprint density at radius 2 is 1.45 bits per heavy atom. The monoisotopic (exact) mass is 417 g/mol. The highest BCUT2D eigenvalue weighted by Gasteiger charge is 2.46. The number of azide groups is 1. The van der Waals surface area contributed by atoms with Crippen LogP contribution in [0.4, 0.5) is 0 Å². The molecular formula is C20H23N3O5S. The Labute approximate surface area is 174 Å². The molecule has 3 rings (SSSR count). The number of rotatable bonds is 9. The molecule has 29 heavy (non-hydrogen) atoms. The predicted octanol–water partition coefficient (Wildman–Crippen LogP) is 4.37. The zero-order valence-corrected chi connectivity index (χ0v) is 16.8. The Kier molecular flexibility index (Phi) is 8.33. The van der Waals surface area contributed by atoms with Crippen molar-refractivity contribution in [2.75, 3.05) is 0 Å². The highest BCUT2D eigenvalue weighted by atomic mass is 32.1. The summed E-state index contributed by atoms with van der Waals surface area (Å²) in [4.78, 5) is 24.9. The zero-order chi connectivity index (χ0) is 20.5. The highest BCUT2D eigenvalue weighted by Crippen LogP contribution is 2.30. The van der Waals surface area contributed by atoms with Gasteiger partial charge in [0, 0.05) is 4.91 Å². The molecule has 0 spiro atoms. The van der Waals surface area contributed by atoms with Crippen molar-refractivity contribution >= 4 is 12.6 Å². The smallest absolute Gasteiger partial charge is 0.148 e. The first-order valence-corrected chi connectivity index (χ1v) is 9.73. The minimum Gasteiger partial charge on any atom is -0.361 e. The van der Waals surface area contributed by atoms with E-state index in [-0.39, 0.29) is 13.2 Å². The lowest BCUT2D eigenvalue weighted by molar-refractivity contribution is -0.421. The van der Waals surface area contributed by atoms with Gasteiger partial charge in [0.25, 0.3) is 0 Å². The molecule has 5 atom stereocenters. The standard InChI is InChI=1S/C20H23N3O5S/c1-14-18(27-24-12-15-8-4-2-5-9-15)19(17(22-23-21)20(29)26-14)28-25-13-16-10-6-3-7-11-16/h2-11,14,17-20,29H,12-13H2,1H3/t14?,17?,18-,19?,20+/m1/s1. The van der Waals surface area contributed by atoms with Crippen molar-refractivity contribution in [1.82, 2.24) is 0 Å². The summed E-state index contributed by atoms with van der Waals surface area (Å²) in [5.41, 5.74) is 10.2. The third kappa shape index (κ3) is 6.19. The summed E-state index contributed by atoms with van der Waals surface area (Å²) in [5.74, 6) is 0. The Morgan fingerprint density at radius 3 is 1.97 bits per heavy atom. The summed E-state index contributed by atoms with van der Waals surface area (Å²) in [5, 5.41) is 3.76. The van der Waals surface area contributed by atoms with Gasteiger partial charge in [-0.2, -0.15) is 0 Å². The van der Waals surface area contributed by atoms with E-state index in [2.05, 4.69) is 22.7 Å². The molecule has 0 N–H and O–H groups in total. The second-order valence-electron chi connectivity index (χ2n) is 6.54. The van der Waals surface area contributed by atoms with Gasteiger partial charge in [-0.1, -0.05) is 65.8 Å². The van der Waals surface area contributed by atoms with E-state index in [0.29, 0.717) is 0 Å². The number of benzene rings is 2. The molecule has 1 saturated heterocycles. The molecule has 0 radical (unpaired) electrons. The molecule has 0 saturated carbocycles. The summed E-state index contributed by atoms with van der Waals surface area (Å²) >= 11 is 4.37. The fraction of sp³-hybridized carbons (Fsp3) is 0.400. The first kappa shape index (κ1) is 21.6. The number of hydrogen-bond donors (Lipinski definition) is 1.